The van der Waals surface area contributed by atoms with Crippen LogP contribution in [-0.4, -0.2) is 53.7 Å². The summed E-state index contributed by atoms with van der Waals surface area (Å²) in [4.78, 5) is 26.1. The Bertz CT molecular complexity index is 402. The molecule has 0 aromatic carbocycles. The van der Waals surface area contributed by atoms with E-state index in [2.05, 4.69) is 0 Å². The minimum atomic E-state index is -0.883. The van der Waals surface area contributed by atoms with Crippen LogP contribution in [0.25, 0.3) is 0 Å². The highest BCUT2D eigenvalue weighted by molar-refractivity contribution is 5.87. The molecular weight excluding hydrogens is 272 g/mol. The maximum atomic E-state index is 12.7. The van der Waals surface area contributed by atoms with E-state index < -0.39 is 16.9 Å². The number of nitrogens with two attached hydrogens (primary N) is 1. The highest BCUT2D eigenvalue weighted by atomic mass is 16.5. The van der Waals surface area contributed by atoms with Crippen LogP contribution in [0.1, 0.15) is 45.4 Å². The van der Waals surface area contributed by atoms with Gasteiger partial charge in [-0.05, 0) is 32.1 Å². The molecule has 0 aliphatic carbocycles. The highest BCUT2D eigenvalue weighted by Gasteiger charge is 2.46. The molecule has 1 unspecified atom stereocenters. The van der Waals surface area contributed by atoms with E-state index in [-0.39, 0.29) is 12.5 Å². The number of carboxylic acids is 1. The maximum Gasteiger partial charge on any atom is 0.311 e. The average Bonchev–Trinajstić information content (AvgIpc) is 2.47. The number of rotatable bonds is 4. The highest BCUT2D eigenvalue weighted by Crippen LogP contribution is 2.36. The second-order valence-electron chi connectivity index (χ2n) is 6.43. The number of amides is 1. The topological polar surface area (TPSA) is 92.9 Å². The number of carbonyl (C=O) groups excluding carboxylic acids is 1. The van der Waals surface area contributed by atoms with Crippen LogP contribution >= 0.6 is 0 Å². The first kappa shape index (κ1) is 16.2. The van der Waals surface area contributed by atoms with Crippen LogP contribution in [0.5, 0.6) is 0 Å². The summed E-state index contributed by atoms with van der Waals surface area (Å²) in [5.41, 5.74) is 4.57. The Morgan fingerprint density at radius 1 is 1.29 bits per heavy atom. The fourth-order valence-corrected chi connectivity index (χ4v) is 3.53. The molecule has 6 nitrogen and oxygen atoms in total. The van der Waals surface area contributed by atoms with Crippen LogP contribution in [0.4, 0.5) is 0 Å². The van der Waals surface area contributed by atoms with Gasteiger partial charge in [-0.15, -0.1) is 0 Å². The molecule has 3 N–H and O–H groups in total. The molecule has 1 amide bonds. The van der Waals surface area contributed by atoms with Crippen molar-refractivity contribution in [2.24, 2.45) is 11.1 Å². The van der Waals surface area contributed by atoms with E-state index >= 15 is 0 Å². The zero-order valence-corrected chi connectivity index (χ0v) is 12.8. The SMILES string of the molecule is CCCC1(C(=O)O)CCCN(C(=O)C2(N)CCOCC2)C1. The van der Waals surface area contributed by atoms with E-state index in [1.54, 1.807) is 4.90 Å². The van der Waals surface area contributed by atoms with Crippen molar-refractivity contribution >= 4 is 11.9 Å². The zero-order valence-electron chi connectivity index (χ0n) is 12.8. The first-order valence-electron chi connectivity index (χ1n) is 7.83. The van der Waals surface area contributed by atoms with Crippen LogP contribution in [-0.2, 0) is 14.3 Å². The van der Waals surface area contributed by atoms with Crippen LogP contribution in [0.3, 0.4) is 0 Å². The number of hydrogen-bond donors (Lipinski definition) is 2. The molecule has 21 heavy (non-hydrogen) atoms. The van der Waals surface area contributed by atoms with E-state index in [1.807, 2.05) is 6.92 Å². The smallest absolute Gasteiger partial charge is 0.311 e. The van der Waals surface area contributed by atoms with Gasteiger partial charge in [0, 0.05) is 26.3 Å². The van der Waals surface area contributed by atoms with Crippen molar-refractivity contribution in [3.63, 3.8) is 0 Å². The van der Waals surface area contributed by atoms with Crippen molar-refractivity contribution in [3.05, 3.63) is 0 Å². The molecule has 2 heterocycles. The summed E-state index contributed by atoms with van der Waals surface area (Å²) >= 11 is 0. The first-order valence-corrected chi connectivity index (χ1v) is 7.83. The maximum absolute atomic E-state index is 12.7. The number of nitrogens with zero attached hydrogens (tertiary/aromatic N) is 1. The predicted molar refractivity (Wildman–Crippen MR) is 77.8 cm³/mol. The lowest BCUT2D eigenvalue weighted by Crippen LogP contribution is -2.61. The van der Waals surface area contributed by atoms with E-state index in [0.717, 1.165) is 12.8 Å². The third kappa shape index (κ3) is 3.21. The van der Waals surface area contributed by atoms with Crippen molar-refractivity contribution < 1.29 is 19.4 Å². The number of ether oxygens (including phenoxy) is 1. The molecule has 0 aromatic heterocycles. The summed E-state index contributed by atoms with van der Waals surface area (Å²) in [6, 6.07) is 0. The normalized spacial score (nSPS) is 29.1. The van der Waals surface area contributed by atoms with Gasteiger partial charge in [0.05, 0.1) is 11.0 Å². The second-order valence-corrected chi connectivity index (χ2v) is 6.43. The van der Waals surface area contributed by atoms with Gasteiger partial charge in [0.15, 0.2) is 0 Å². The van der Waals surface area contributed by atoms with Gasteiger partial charge in [0.2, 0.25) is 5.91 Å². The second kappa shape index (κ2) is 6.32. The van der Waals surface area contributed by atoms with Gasteiger partial charge in [-0.2, -0.15) is 0 Å². The van der Waals surface area contributed by atoms with Gasteiger partial charge in [-0.3, -0.25) is 9.59 Å². The summed E-state index contributed by atoms with van der Waals surface area (Å²) in [5, 5.41) is 9.60. The minimum Gasteiger partial charge on any atom is -0.481 e. The van der Waals surface area contributed by atoms with Crippen molar-refractivity contribution in [3.8, 4) is 0 Å². The van der Waals surface area contributed by atoms with E-state index in [9.17, 15) is 14.7 Å². The standard InChI is InChI=1S/C15H26N2O4/c1-2-4-14(13(19)20)5-3-8-17(11-14)12(18)15(16)6-9-21-10-7-15/h2-11,16H2,1H3,(H,19,20). The van der Waals surface area contributed by atoms with Crippen molar-refractivity contribution in [1.82, 2.24) is 4.90 Å². The fourth-order valence-electron chi connectivity index (χ4n) is 3.53. The molecule has 0 aromatic rings. The lowest BCUT2D eigenvalue weighted by Gasteiger charge is -2.44. The Morgan fingerprint density at radius 3 is 2.52 bits per heavy atom. The predicted octanol–water partition coefficient (Wildman–Crippen LogP) is 0.988. The molecule has 0 spiro atoms. The minimum absolute atomic E-state index is 0.104. The Labute approximate surface area is 125 Å². The Balaban J connectivity index is 2.12. The van der Waals surface area contributed by atoms with Crippen LogP contribution < -0.4 is 5.73 Å². The molecule has 2 saturated heterocycles. The summed E-state index contributed by atoms with van der Waals surface area (Å²) < 4.78 is 5.28. The van der Waals surface area contributed by atoms with Crippen LogP contribution in [0.15, 0.2) is 0 Å². The number of carbonyl (C=O) groups is 2. The Hall–Kier alpha value is -1.14. The van der Waals surface area contributed by atoms with Gasteiger partial charge >= 0.3 is 5.97 Å². The monoisotopic (exact) mass is 298 g/mol. The molecule has 2 aliphatic heterocycles. The fraction of sp³-hybridized carbons (Fsp3) is 0.867. The Morgan fingerprint density at radius 2 is 1.95 bits per heavy atom. The van der Waals surface area contributed by atoms with Crippen molar-refractivity contribution in [1.29, 1.82) is 0 Å². The number of piperidine rings is 1. The Kier molecular flexibility index (Phi) is 4.88. The zero-order chi connectivity index (χ0) is 15.5. The molecule has 6 heteroatoms. The quantitative estimate of drug-likeness (QED) is 0.807. The third-order valence-electron chi connectivity index (χ3n) is 4.86. The number of hydrogen-bond acceptors (Lipinski definition) is 4. The van der Waals surface area contributed by atoms with E-state index in [0.29, 0.717) is 45.4 Å². The number of carboxylic acid groups (broad SMARTS) is 1. The third-order valence-corrected chi connectivity index (χ3v) is 4.86. The van der Waals surface area contributed by atoms with E-state index in [4.69, 9.17) is 10.5 Å². The van der Waals surface area contributed by atoms with Gasteiger partial charge in [-0.25, -0.2) is 0 Å². The van der Waals surface area contributed by atoms with Gasteiger partial charge < -0.3 is 20.5 Å². The molecule has 2 fully saturated rings. The number of aliphatic carboxylic acids is 1. The van der Waals surface area contributed by atoms with Gasteiger partial charge in [-0.1, -0.05) is 13.3 Å². The molecule has 1 atom stereocenters. The first-order chi connectivity index (χ1) is 9.93. The lowest BCUT2D eigenvalue weighted by atomic mass is 9.75. The van der Waals surface area contributed by atoms with Gasteiger partial charge in [0.25, 0.3) is 0 Å². The molecule has 120 valence electrons. The summed E-state index contributed by atoms with van der Waals surface area (Å²) in [6.07, 6.45) is 3.79. The molecule has 2 aliphatic rings. The number of likely N-dealkylation sites (tertiary alicyclic amines) is 1. The summed E-state index contributed by atoms with van der Waals surface area (Å²) in [7, 11) is 0. The summed E-state index contributed by atoms with van der Waals surface area (Å²) in [6.45, 7) is 3.87. The molecular formula is C15H26N2O4. The average molecular weight is 298 g/mol. The van der Waals surface area contributed by atoms with Crippen LogP contribution in [0.2, 0.25) is 0 Å². The van der Waals surface area contributed by atoms with Gasteiger partial charge in [0.1, 0.15) is 0 Å². The summed E-state index contributed by atoms with van der Waals surface area (Å²) in [5.74, 6) is -0.896. The van der Waals surface area contributed by atoms with Crippen molar-refractivity contribution in [2.75, 3.05) is 26.3 Å². The molecule has 0 bridgehead atoms. The van der Waals surface area contributed by atoms with Crippen LogP contribution in [0, 0.1) is 5.41 Å². The van der Waals surface area contributed by atoms with Crippen molar-refractivity contribution in [2.45, 2.75) is 51.0 Å². The molecule has 0 radical (unpaired) electrons. The lowest BCUT2D eigenvalue weighted by molar-refractivity contribution is -0.157. The molecule has 2 rings (SSSR count). The van der Waals surface area contributed by atoms with E-state index in [1.165, 1.54) is 0 Å². The molecule has 0 saturated carbocycles. The largest absolute Gasteiger partial charge is 0.481 e.